The molecule has 8 nitrogen and oxygen atoms in total. The normalized spacial score (nSPS) is 20.3. The summed E-state index contributed by atoms with van der Waals surface area (Å²) < 4.78 is 27.7. The number of aryl methyl sites for hydroxylation is 2. The van der Waals surface area contributed by atoms with Crippen LogP contribution in [0.1, 0.15) is 42.0 Å². The van der Waals surface area contributed by atoms with Gasteiger partial charge in [-0.05, 0) is 56.4 Å². The standard InChI is InChI=1S/C20H27N5O3S/c1-13-8-14(2)12-25(11-13)29(27,28)18-7-5-6-17(10-18)19(26)23-24-20-21-15(3)9-16(4)22-20/h5-7,9-10,13-14H,8,11-12H2,1-4H3,(H,23,26)(H,21,22,24)/t13-,14-/m1/s1. The van der Waals surface area contributed by atoms with Crippen molar-refractivity contribution in [2.75, 3.05) is 18.5 Å². The molecule has 0 saturated carbocycles. The molecular weight excluding hydrogens is 390 g/mol. The molecule has 1 aliphatic heterocycles. The van der Waals surface area contributed by atoms with Crippen molar-refractivity contribution < 1.29 is 13.2 Å². The van der Waals surface area contributed by atoms with Gasteiger partial charge in [-0.25, -0.2) is 18.4 Å². The van der Waals surface area contributed by atoms with Gasteiger partial charge in [0.15, 0.2) is 0 Å². The predicted molar refractivity (Wildman–Crippen MR) is 111 cm³/mol. The van der Waals surface area contributed by atoms with Crippen LogP contribution in [0.4, 0.5) is 5.95 Å². The molecule has 0 aliphatic carbocycles. The average molecular weight is 418 g/mol. The fourth-order valence-electron chi connectivity index (χ4n) is 3.72. The first kappa shape index (κ1) is 21.2. The summed E-state index contributed by atoms with van der Waals surface area (Å²) in [7, 11) is -3.65. The molecule has 0 radical (unpaired) electrons. The van der Waals surface area contributed by atoms with Crippen molar-refractivity contribution in [2.24, 2.45) is 11.8 Å². The van der Waals surface area contributed by atoms with Crippen molar-refractivity contribution in [2.45, 2.75) is 39.0 Å². The van der Waals surface area contributed by atoms with Gasteiger partial charge < -0.3 is 0 Å². The fraction of sp³-hybridized carbons (Fsp3) is 0.450. The van der Waals surface area contributed by atoms with Crippen molar-refractivity contribution in [3.63, 3.8) is 0 Å². The molecular formula is C20H27N5O3S. The monoisotopic (exact) mass is 417 g/mol. The summed E-state index contributed by atoms with van der Waals surface area (Å²) in [5, 5.41) is 0. The zero-order valence-corrected chi connectivity index (χ0v) is 18.0. The summed E-state index contributed by atoms with van der Waals surface area (Å²) in [5.41, 5.74) is 6.97. The van der Waals surface area contributed by atoms with Crippen molar-refractivity contribution in [1.82, 2.24) is 19.7 Å². The van der Waals surface area contributed by atoms with Crippen LogP contribution in [0.5, 0.6) is 0 Å². The first-order chi connectivity index (χ1) is 13.6. The Bertz CT molecular complexity index is 979. The minimum atomic E-state index is -3.65. The van der Waals surface area contributed by atoms with Crippen LogP contribution in [-0.4, -0.2) is 41.7 Å². The second-order valence-corrected chi connectivity index (χ2v) is 9.79. The lowest BCUT2D eigenvalue weighted by atomic mass is 9.94. The second-order valence-electron chi connectivity index (χ2n) is 7.85. The zero-order valence-electron chi connectivity index (χ0n) is 17.1. The average Bonchev–Trinajstić information content (AvgIpc) is 2.64. The van der Waals surface area contributed by atoms with Gasteiger partial charge >= 0.3 is 0 Å². The number of hydrazine groups is 1. The maximum Gasteiger partial charge on any atom is 0.269 e. The molecule has 1 fully saturated rings. The maximum absolute atomic E-state index is 13.1. The predicted octanol–water partition coefficient (Wildman–Crippen LogP) is 2.52. The van der Waals surface area contributed by atoms with Gasteiger partial charge in [-0.2, -0.15) is 4.31 Å². The lowest BCUT2D eigenvalue weighted by molar-refractivity contribution is 0.0962. The molecule has 1 amide bonds. The van der Waals surface area contributed by atoms with E-state index in [2.05, 4.69) is 34.7 Å². The van der Waals surface area contributed by atoms with Gasteiger partial charge in [-0.3, -0.25) is 15.6 Å². The van der Waals surface area contributed by atoms with Crippen LogP contribution < -0.4 is 10.9 Å². The molecule has 3 rings (SSSR count). The summed E-state index contributed by atoms with van der Waals surface area (Å²) in [6.45, 7) is 8.77. The summed E-state index contributed by atoms with van der Waals surface area (Å²) in [5.74, 6) is 0.421. The Balaban J connectivity index is 1.75. The third-order valence-corrected chi connectivity index (χ3v) is 6.67. The van der Waals surface area contributed by atoms with Gasteiger partial charge in [0.1, 0.15) is 0 Å². The molecule has 0 unspecified atom stereocenters. The van der Waals surface area contributed by atoms with Gasteiger partial charge in [-0.1, -0.05) is 19.9 Å². The van der Waals surface area contributed by atoms with Crippen LogP contribution in [0.25, 0.3) is 0 Å². The van der Waals surface area contributed by atoms with Crippen molar-refractivity contribution in [1.29, 1.82) is 0 Å². The lowest BCUT2D eigenvalue weighted by Gasteiger charge is -2.34. The summed E-state index contributed by atoms with van der Waals surface area (Å²) in [6, 6.07) is 7.89. The van der Waals surface area contributed by atoms with Crippen LogP contribution in [0.3, 0.4) is 0 Å². The number of nitrogens with one attached hydrogen (secondary N) is 2. The number of carbonyl (C=O) groups is 1. The number of sulfonamides is 1. The molecule has 156 valence electrons. The van der Waals surface area contributed by atoms with Gasteiger partial charge in [0, 0.05) is 30.0 Å². The van der Waals surface area contributed by atoms with Crippen molar-refractivity contribution in [3.05, 3.63) is 47.3 Å². The molecule has 1 aromatic heterocycles. The first-order valence-corrected chi connectivity index (χ1v) is 11.1. The third-order valence-electron chi connectivity index (χ3n) is 4.84. The number of carbonyl (C=O) groups excluding carboxylic acids is 1. The van der Waals surface area contributed by atoms with Crippen LogP contribution >= 0.6 is 0 Å². The number of amides is 1. The molecule has 2 heterocycles. The Labute approximate surface area is 171 Å². The number of rotatable bonds is 5. The van der Waals surface area contributed by atoms with Crippen molar-refractivity contribution >= 4 is 21.9 Å². The highest BCUT2D eigenvalue weighted by Gasteiger charge is 2.31. The van der Waals surface area contributed by atoms with E-state index in [1.165, 1.54) is 16.4 Å². The van der Waals surface area contributed by atoms with E-state index in [9.17, 15) is 13.2 Å². The third kappa shape index (κ3) is 5.10. The van der Waals surface area contributed by atoms with Crippen LogP contribution in [0.2, 0.25) is 0 Å². The van der Waals surface area contributed by atoms with E-state index in [0.717, 1.165) is 17.8 Å². The number of hydrogen-bond acceptors (Lipinski definition) is 6. The number of hydrogen-bond donors (Lipinski definition) is 2. The highest BCUT2D eigenvalue weighted by Crippen LogP contribution is 2.27. The van der Waals surface area contributed by atoms with E-state index in [0.29, 0.717) is 24.9 Å². The first-order valence-electron chi connectivity index (χ1n) is 9.64. The number of anilines is 1. The Morgan fingerprint density at radius 2 is 1.69 bits per heavy atom. The SMILES string of the molecule is Cc1cc(C)nc(NNC(=O)c2cccc(S(=O)(=O)N3C[C@H](C)C[C@@H](C)C3)c2)n1. The zero-order chi connectivity index (χ0) is 21.2. The Morgan fingerprint density at radius 3 is 2.31 bits per heavy atom. The van der Waals surface area contributed by atoms with E-state index in [1.807, 2.05) is 19.9 Å². The smallest absolute Gasteiger partial charge is 0.267 e. The van der Waals surface area contributed by atoms with E-state index in [-0.39, 0.29) is 16.4 Å². The van der Waals surface area contributed by atoms with E-state index < -0.39 is 15.9 Å². The lowest BCUT2D eigenvalue weighted by Crippen LogP contribution is -2.42. The van der Waals surface area contributed by atoms with Crippen molar-refractivity contribution in [3.8, 4) is 0 Å². The van der Waals surface area contributed by atoms with Crippen LogP contribution in [-0.2, 0) is 10.0 Å². The van der Waals surface area contributed by atoms with Gasteiger partial charge in [-0.15, -0.1) is 0 Å². The van der Waals surface area contributed by atoms with Gasteiger partial charge in [0.2, 0.25) is 16.0 Å². The Kier molecular flexibility index (Phi) is 6.18. The van der Waals surface area contributed by atoms with E-state index in [4.69, 9.17) is 0 Å². The molecule has 1 aromatic carbocycles. The van der Waals surface area contributed by atoms with Gasteiger partial charge in [0.05, 0.1) is 4.90 Å². The second kappa shape index (κ2) is 8.46. The van der Waals surface area contributed by atoms with E-state index >= 15 is 0 Å². The number of benzene rings is 1. The molecule has 2 N–H and O–H groups in total. The quantitative estimate of drug-likeness (QED) is 0.725. The van der Waals surface area contributed by atoms with Crippen LogP contribution in [0.15, 0.2) is 35.2 Å². The molecule has 9 heteroatoms. The summed E-state index contributed by atoms with van der Waals surface area (Å²) >= 11 is 0. The minimum absolute atomic E-state index is 0.120. The molecule has 2 atom stereocenters. The molecule has 1 aliphatic rings. The Hall–Kier alpha value is -2.52. The fourth-order valence-corrected chi connectivity index (χ4v) is 5.44. The molecule has 1 saturated heterocycles. The highest BCUT2D eigenvalue weighted by molar-refractivity contribution is 7.89. The number of nitrogens with zero attached hydrogens (tertiary/aromatic N) is 3. The largest absolute Gasteiger partial charge is 0.269 e. The Morgan fingerprint density at radius 1 is 1.07 bits per heavy atom. The minimum Gasteiger partial charge on any atom is -0.267 e. The van der Waals surface area contributed by atoms with Gasteiger partial charge in [0.25, 0.3) is 5.91 Å². The molecule has 2 aromatic rings. The topological polar surface area (TPSA) is 104 Å². The molecule has 0 bridgehead atoms. The number of piperidine rings is 1. The summed E-state index contributed by atoms with van der Waals surface area (Å²) in [6.07, 6.45) is 1.01. The van der Waals surface area contributed by atoms with E-state index in [1.54, 1.807) is 12.1 Å². The molecule has 0 spiro atoms. The highest BCUT2D eigenvalue weighted by atomic mass is 32.2. The van der Waals surface area contributed by atoms with Crippen LogP contribution in [0, 0.1) is 25.7 Å². The molecule has 29 heavy (non-hydrogen) atoms. The number of aromatic nitrogens is 2. The maximum atomic E-state index is 13.1. The summed E-state index contributed by atoms with van der Waals surface area (Å²) in [4.78, 5) is 21.0.